The van der Waals surface area contributed by atoms with Crippen LogP contribution in [-0.4, -0.2) is 28.6 Å². The summed E-state index contributed by atoms with van der Waals surface area (Å²) in [7, 11) is 0. The normalized spacial score (nSPS) is 17.4. The molecule has 2 heterocycles. The fourth-order valence-electron chi connectivity index (χ4n) is 1.69. The van der Waals surface area contributed by atoms with Crippen LogP contribution in [0.4, 0.5) is 4.79 Å². The minimum absolute atomic E-state index is 0.0860. The minimum atomic E-state index is -0.0860. The number of thiazole rings is 1. The monoisotopic (exact) mass is 225 g/mol. The van der Waals surface area contributed by atoms with Crippen molar-refractivity contribution in [3.63, 3.8) is 0 Å². The number of hydrogen-bond acceptors (Lipinski definition) is 2. The Morgan fingerprint density at radius 2 is 2.27 bits per heavy atom. The third kappa shape index (κ3) is 2.28. The van der Waals surface area contributed by atoms with Crippen molar-refractivity contribution in [1.82, 2.24) is 9.47 Å². The predicted molar refractivity (Wildman–Crippen MR) is 59.7 cm³/mol. The van der Waals surface area contributed by atoms with E-state index in [2.05, 4.69) is 4.99 Å². The van der Waals surface area contributed by atoms with Crippen LogP contribution in [0.1, 0.15) is 19.8 Å². The lowest BCUT2D eigenvalue weighted by molar-refractivity contribution is 0.218. The van der Waals surface area contributed by atoms with Crippen molar-refractivity contribution in [2.75, 3.05) is 13.1 Å². The number of carbonyl (C=O) groups is 1. The first-order chi connectivity index (χ1) is 7.31. The molecule has 0 aromatic carbocycles. The molecule has 0 spiro atoms. The standard InChI is InChI=1S/C10H15N3OS/c1-2-12-7-8-15-10(12)11-9(14)13-5-3-4-6-13/h7-8H,2-6H2,1H3/b11-10-. The van der Waals surface area contributed by atoms with Gasteiger partial charge in [0.25, 0.3) is 0 Å². The predicted octanol–water partition coefficient (Wildman–Crippen LogP) is 1.69. The Morgan fingerprint density at radius 1 is 1.53 bits per heavy atom. The number of aromatic nitrogens is 1. The largest absolute Gasteiger partial charge is 0.346 e. The van der Waals surface area contributed by atoms with Crippen LogP contribution in [0.15, 0.2) is 16.6 Å². The molecule has 2 rings (SSSR count). The lowest BCUT2D eigenvalue weighted by atomic mass is 10.4. The molecule has 1 aromatic heterocycles. The number of rotatable bonds is 1. The van der Waals surface area contributed by atoms with E-state index in [9.17, 15) is 4.79 Å². The van der Waals surface area contributed by atoms with Crippen molar-refractivity contribution in [3.8, 4) is 0 Å². The Balaban J connectivity index is 2.18. The first-order valence-corrected chi connectivity index (χ1v) is 6.17. The Bertz CT molecular complexity index is 401. The summed E-state index contributed by atoms with van der Waals surface area (Å²) >= 11 is 1.51. The Labute approximate surface area is 92.9 Å². The molecule has 2 amide bonds. The van der Waals surface area contributed by atoms with Crippen molar-refractivity contribution in [3.05, 3.63) is 16.4 Å². The third-order valence-corrected chi connectivity index (χ3v) is 3.36. The summed E-state index contributed by atoms with van der Waals surface area (Å²) in [5, 5.41) is 1.96. The van der Waals surface area contributed by atoms with E-state index < -0.39 is 0 Å². The molecular formula is C10H15N3OS. The molecule has 0 aliphatic carbocycles. The number of hydrogen-bond donors (Lipinski definition) is 0. The summed E-state index contributed by atoms with van der Waals surface area (Å²) in [5.74, 6) is 0. The molecule has 1 aliphatic rings. The van der Waals surface area contributed by atoms with Gasteiger partial charge in [-0.05, 0) is 19.8 Å². The lowest BCUT2D eigenvalue weighted by Gasteiger charge is -2.10. The van der Waals surface area contributed by atoms with Crippen LogP contribution in [0.3, 0.4) is 0 Å². The zero-order valence-electron chi connectivity index (χ0n) is 8.85. The summed E-state index contributed by atoms with van der Waals surface area (Å²) in [5.41, 5.74) is 0. The molecule has 5 heteroatoms. The van der Waals surface area contributed by atoms with Crippen molar-refractivity contribution in [2.45, 2.75) is 26.3 Å². The van der Waals surface area contributed by atoms with Crippen molar-refractivity contribution < 1.29 is 4.79 Å². The van der Waals surface area contributed by atoms with Crippen LogP contribution in [0, 0.1) is 0 Å². The van der Waals surface area contributed by atoms with E-state index in [0.717, 1.165) is 37.3 Å². The van der Waals surface area contributed by atoms with E-state index in [1.165, 1.54) is 11.3 Å². The number of aryl methyl sites for hydroxylation is 1. The van der Waals surface area contributed by atoms with Gasteiger partial charge in [-0.1, -0.05) is 0 Å². The van der Waals surface area contributed by atoms with Gasteiger partial charge >= 0.3 is 6.03 Å². The molecule has 0 saturated carbocycles. The summed E-state index contributed by atoms with van der Waals surface area (Å²) in [6.07, 6.45) is 4.18. The molecular weight excluding hydrogens is 210 g/mol. The van der Waals surface area contributed by atoms with Gasteiger partial charge in [0.05, 0.1) is 0 Å². The molecule has 1 saturated heterocycles. The Kier molecular flexibility index (Phi) is 3.20. The molecule has 15 heavy (non-hydrogen) atoms. The van der Waals surface area contributed by atoms with Gasteiger partial charge < -0.3 is 9.47 Å². The molecule has 1 aromatic rings. The van der Waals surface area contributed by atoms with Crippen molar-refractivity contribution >= 4 is 17.4 Å². The fraction of sp³-hybridized carbons (Fsp3) is 0.600. The average Bonchev–Trinajstić information content (AvgIpc) is 2.87. The van der Waals surface area contributed by atoms with Gasteiger partial charge in [0.1, 0.15) is 0 Å². The maximum atomic E-state index is 11.7. The van der Waals surface area contributed by atoms with Crippen LogP contribution < -0.4 is 4.80 Å². The van der Waals surface area contributed by atoms with E-state index in [1.807, 2.05) is 28.0 Å². The second-order valence-electron chi connectivity index (χ2n) is 3.56. The van der Waals surface area contributed by atoms with Crippen LogP contribution in [0.2, 0.25) is 0 Å². The molecule has 1 fully saturated rings. The highest BCUT2D eigenvalue weighted by Crippen LogP contribution is 2.08. The second-order valence-corrected chi connectivity index (χ2v) is 4.43. The van der Waals surface area contributed by atoms with E-state index in [-0.39, 0.29) is 6.03 Å². The molecule has 0 radical (unpaired) electrons. The summed E-state index contributed by atoms with van der Waals surface area (Å²) in [6.45, 7) is 4.63. The zero-order valence-corrected chi connectivity index (χ0v) is 9.66. The number of likely N-dealkylation sites (tertiary alicyclic amines) is 1. The van der Waals surface area contributed by atoms with Gasteiger partial charge in [0, 0.05) is 31.2 Å². The van der Waals surface area contributed by atoms with Gasteiger partial charge in [0.2, 0.25) is 0 Å². The van der Waals surface area contributed by atoms with Crippen molar-refractivity contribution in [2.24, 2.45) is 4.99 Å². The molecule has 0 unspecified atom stereocenters. The Morgan fingerprint density at radius 3 is 2.93 bits per heavy atom. The quantitative estimate of drug-likeness (QED) is 0.716. The van der Waals surface area contributed by atoms with Gasteiger partial charge in [0.15, 0.2) is 4.80 Å². The molecule has 0 N–H and O–H groups in total. The van der Waals surface area contributed by atoms with Gasteiger partial charge in [-0.3, -0.25) is 0 Å². The lowest BCUT2D eigenvalue weighted by Crippen LogP contribution is -2.27. The Hall–Kier alpha value is -1.10. The molecule has 0 atom stereocenters. The van der Waals surface area contributed by atoms with E-state index in [1.54, 1.807) is 0 Å². The molecule has 1 aliphatic heterocycles. The van der Waals surface area contributed by atoms with Crippen LogP contribution >= 0.6 is 11.3 Å². The third-order valence-electron chi connectivity index (χ3n) is 2.57. The van der Waals surface area contributed by atoms with E-state index in [4.69, 9.17) is 0 Å². The van der Waals surface area contributed by atoms with Crippen LogP contribution in [0.5, 0.6) is 0 Å². The SMILES string of the molecule is CCn1ccs/c1=N\C(=O)N1CCCC1. The highest BCUT2D eigenvalue weighted by Gasteiger charge is 2.16. The molecule has 0 bridgehead atoms. The summed E-state index contributed by atoms with van der Waals surface area (Å²) in [6, 6.07) is -0.0860. The van der Waals surface area contributed by atoms with Crippen LogP contribution in [-0.2, 0) is 6.54 Å². The maximum absolute atomic E-state index is 11.7. The first kappa shape index (κ1) is 10.4. The summed E-state index contributed by atoms with van der Waals surface area (Å²) in [4.78, 5) is 18.5. The minimum Gasteiger partial charge on any atom is -0.324 e. The maximum Gasteiger partial charge on any atom is 0.346 e. The number of nitrogens with zero attached hydrogens (tertiary/aromatic N) is 3. The number of carbonyl (C=O) groups excluding carboxylic acids is 1. The van der Waals surface area contributed by atoms with E-state index in [0.29, 0.717) is 0 Å². The smallest absolute Gasteiger partial charge is 0.324 e. The topological polar surface area (TPSA) is 37.6 Å². The first-order valence-electron chi connectivity index (χ1n) is 5.29. The van der Waals surface area contributed by atoms with Gasteiger partial charge in [-0.2, -0.15) is 4.99 Å². The van der Waals surface area contributed by atoms with Gasteiger partial charge in [-0.15, -0.1) is 11.3 Å². The fourth-order valence-corrected chi connectivity index (χ4v) is 2.47. The highest BCUT2D eigenvalue weighted by molar-refractivity contribution is 7.07. The molecule has 82 valence electrons. The van der Waals surface area contributed by atoms with Crippen molar-refractivity contribution in [1.29, 1.82) is 0 Å². The molecule has 4 nitrogen and oxygen atoms in total. The summed E-state index contributed by atoms with van der Waals surface area (Å²) < 4.78 is 1.98. The van der Waals surface area contributed by atoms with E-state index >= 15 is 0 Å². The van der Waals surface area contributed by atoms with Crippen LogP contribution in [0.25, 0.3) is 0 Å². The average molecular weight is 225 g/mol. The van der Waals surface area contributed by atoms with Gasteiger partial charge in [-0.25, -0.2) is 4.79 Å². The highest BCUT2D eigenvalue weighted by atomic mass is 32.1. The number of amides is 2. The number of urea groups is 1. The second kappa shape index (κ2) is 4.61. The zero-order chi connectivity index (χ0) is 10.7.